The van der Waals surface area contributed by atoms with Gasteiger partial charge in [-0.05, 0) is 24.9 Å². The van der Waals surface area contributed by atoms with Crippen molar-refractivity contribution in [2.45, 2.75) is 25.7 Å². The minimum atomic E-state index is -0.408. The second kappa shape index (κ2) is 10.5. The highest BCUT2D eigenvalue weighted by atomic mass is 16.2. The van der Waals surface area contributed by atoms with Crippen LogP contribution in [0.5, 0.6) is 0 Å². The van der Waals surface area contributed by atoms with Crippen LogP contribution in [0.25, 0.3) is 22.4 Å². The van der Waals surface area contributed by atoms with Crippen molar-refractivity contribution < 1.29 is 4.79 Å². The van der Waals surface area contributed by atoms with Crippen LogP contribution in [0.4, 0.5) is 0 Å². The fourth-order valence-corrected chi connectivity index (χ4v) is 3.44. The molecule has 1 amide bonds. The van der Waals surface area contributed by atoms with E-state index in [2.05, 4.69) is 10.4 Å². The van der Waals surface area contributed by atoms with Gasteiger partial charge in [-0.25, -0.2) is 4.68 Å². The van der Waals surface area contributed by atoms with Crippen LogP contribution in [-0.4, -0.2) is 28.8 Å². The molecule has 0 aliphatic carbocycles. The van der Waals surface area contributed by atoms with Crippen molar-refractivity contribution >= 4 is 5.91 Å². The molecule has 0 saturated heterocycles. The third kappa shape index (κ3) is 5.02. The molecule has 0 bridgehead atoms. The molecule has 3 aromatic rings. The monoisotopic (exact) mass is 404 g/mol. The number of carbonyl (C=O) groups excluding carboxylic acids is 1. The first kappa shape index (κ1) is 21.5. The van der Waals surface area contributed by atoms with Crippen LogP contribution in [0.15, 0.2) is 65.5 Å². The van der Waals surface area contributed by atoms with Gasteiger partial charge in [0.1, 0.15) is 5.56 Å². The molecule has 0 aliphatic rings. The fourth-order valence-electron chi connectivity index (χ4n) is 3.44. The van der Waals surface area contributed by atoms with E-state index in [9.17, 15) is 9.59 Å². The van der Waals surface area contributed by atoms with Gasteiger partial charge < -0.3 is 11.1 Å². The van der Waals surface area contributed by atoms with Crippen molar-refractivity contribution in [3.05, 3.63) is 76.6 Å². The third-order valence-corrected chi connectivity index (χ3v) is 5.00. The molecule has 2 aromatic carbocycles. The summed E-state index contributed by atoms with van der Waals surface area (Å²) >= 11 is 0. The zero-order valence-corrected chi connectivity index (χ0v) is 17.3. The first-order valence-corrected chi connectivity index (χ1v) is 10.3. The highest BCUT2D eigenvalue weighted by Crippen LogP contribution is 2.31. The SMILES string of the molecule is Cn1nc(-c2ccccc2)c(-c2ccccc2)c(C(=O)NCCCCCCN)c1=O. The van der Waals surface area contributed by atoms with Gasteiger partial charge in [0.25, 0.3) is 11.5 Å². The number of nitrogens with one attached hydrogen (secondary N) is 1. The fraction of sp³-hybridized carbons (Fsp3) is 0.292. The molecule has 0 spiro atoms. The van der Waals surface area contributed by atoms with Gasteiger partial charge in [-0.2, -0.15) is 5.10 Å². The van der Waals surface area contributed by atoms with Gasteiger partial charge in [0.15, 0.2) is 0 Å². The largest absolute Gasteiger partial charge is 0.352 e. The standard InChI is InChI=1S/C24H28N4O2/c1-28-24(30)21(23(29)26-17-11-3-2-10-16-25)20(18-12-6-4-7-13-18)22(27-28)19-14-8-5-9-15-19/h4-9,12-15H,2-3,10-11,16-17,25H2,1H3,(H,26,29). The van der Waals surface area contributed by atoms with Crippen LogP contribution >= 0.6 is 0 Å². The molecular weight excluding hydrogens is 376 g/mol. The number of aryl methyl sites for hydroxylation is 1. The van der Waals surface area contributed by atoms with Crippen LogP contribution < -0.4 is 16.6 Å². The van der Waals surface area contributed by atoms with Gasteiger partial charge in [0, 0.05) is 24.7 Å². The smallest absolute Gasteiger partial charge is 0.280 e. The van der Waals surface area contributed by atoms with E-state index in [0.29, 0.717) is 24.3 Å². The van der Waals surface area contributed by atoms with Crippen LogP contribution in [0.3, 0.4) is 0 Å². The zero-order chi connectivity index (χ0) is 21.3. The molecule has 30 heavy (non-hydrogen) atoms. The van der Waals surface area contributed by atoms with E-state index in [-0.39, 0.29) is 11.5 Å². The number of unbranched alkanes of at least 4 members (excludes halogenated alkanes) is 3. The molecule has 0 aliphatic heterocycles. The van der Waals surface area contributed by atoms with Crippen LogP contribution in [0, 0.1) is 0 Å². The Morgan fingerprint density at radius 2 is 1.53 bits per heavy atom. The number of hydrogen-bond donors (Lipinski definition) is 2. The summed E-state index contributed by atoms with van der Waals surface area (Å²) in [5, 5.41) is 7.43. The normalized spacial score (nSPS) is 10.7. The Bertz CT molecular complexity index is 1030. The Balaban J connectivity index is 2.02. The zero-order valence-electron chi connectivity index (χ0n) is 17.3. The predicted octanol–water partition coefficient (Wildman–Crippen LogP) is 3.36. The summed E-state index contributed by atoms with van der Waals surface area (Å²) < 4.78 is 1.24. The molecule has 1 aromatic heterocycles. The highest BCUT2D eigenvalue weighted by molar-refractivity contribution is 6.03. The Kier molecular flexibility index (Phi) is 7.51. The van der Waals surface area contributed by atoms with Crippen molar-refractivity contribution in [3.63, 3.8) is 0 Å². The molecule has 1 heterocycles. The summed E-state index contributed by atoms with van der Waals surface area (Å²) in [6, 6.07) is 19.1. The molecule has 156 valence electrons. The van der Waals surface area contributed by atoms with Crippen molar-refractivity contribution in [3.8, 4) is 22.4 Å². The summed E-state index contributed by atoms with van der Waals surface area (Å²) in [5.74, 6) is -0.368. The van der Waals surface area contributed by atoms with E-state index < -0.39 is 5.56 Å². The molecule has 0 atom stereocenters. The molecule has 0 saturated carbocycles. The quantitative estimate of drug-likeness (QED) is 0.535. The van der Waals surface area contributed by atoms with Crippen LogP contribution in [0.1, 0.15) is 36.0 Å². The third-order valence-electron chi connectivity index (χ3n) is 5.00. The van der Waals surface area contributed by atoms with E-state index in [1.54, 1.807) is 7.05 Å². The lowest BCUT2D eigenvalue weighted by atomic mass is 9.95. The molecule has 6 nitrogen and oxygen atoms in total. The maximum absolute atomic E-state index is 13.1. The van der Waals surface area contributed by atoms with Crippen molar-refractivity contribution in [2.24, 2.45) is 12.8 Å². The average molecular weight is 405 g/mol. The maximum Gasteiger partial charge on any atom is 0.280 e. The molecule has 0 fully saturated rings. The second-order valence-corrected chi connectivity index (χ2v) is 7.22. The van der Waals surface area contributed by atoms with Crippen molar-refractivity contribution in [2.75, 3.05) is 13.1 Å². The molecule has 3 rings (SSSR count). The second-order valence-electron chi connectivity index (χ2n) is 7.22. The highest BCUT2D eigenvalue weighted by Gasteiger charge is 2.24. The summed E-state index contributed by atoms with van der Waals surface area (Å²) in [5.41, 5.74) is 8.04. The summed E-state index contributed by atoms with van der Waals surface area (Å²) in [6.07, 6.45) is 3.87. The van der Waals surface area contributed by atoms with E-state index in [1.165, 1.54) is 4.68 Å². The topological polar surface area (TPSA) is 90.0 Å². The van der Waals surface area contributed by atoms with Crippen LogP contribution in [0.2, 0.25) is 0 Å². The molecule has 0 unspecified atom stereocenters. The lowest BCUT2D eigenvalue weighted by Crippen LogP contribution is -2.35. The van der Waals surface area contributed by atoms with Crippen LogP contribution in [-0.2, 0) is 7.05 Å². The number of amides is 1. The lowest BCUT2D eigenvalue weighted by Gasteiger charge is -2.16. The maximum atomic E-state index is 13.1. The Morgan fingerprint density at radius 3 is 2.17 bits per heavy atom. The number of rotatable bonds is 9. The number of benzene rings is 2. The average Bonchev–Trinajstić information content (AvgIpc) is 2.78. The summed E-state index contributed by atoms with van der Waals surface area (Å²) in [6.45, 7) is 1.20. The van der Waals surface area contributed by atoms with Gasteiger partial charge >= 0.3 is 0 Å². The molecule has 3 N–H and O–H groups in total. The summed E-state index contributed by atoms with van der Waals surface area (Å²) in [7, 11) is 1.58. The minimum absolute atomic E-state index is 0.125. The minimum Gasteiger partial charge on any atom is -0.352 e. The molecular formula is C24H28N4O2. The number of nitrogens with zero attached hydrogens (tertiary/aromatic N) is 2. The van der Waals surface area contributed by atoms with Gasteiger partial charge in [-0.15, -0.1) is 0 Å². The van der Waals surface area contributed by atoms with E-state index >= 15 is 0 Å². The first-order valence-electron chi connectivity index (χ1n) is 10.3. The first-order chi connectivity index (χ1) is 14.6. The number of hydrogen-bond acceptors (Lipinski definition) is 4. The van der Waals surface area contributed by atoms with Gasteiger partial charge in [-0.1, -0.05) is 73.5 Å². The predicted molar refractivity (Wildman–Crippen MR) is 120 cm³/mol. The number of carbonyl (C=O) groups is 1. The van der Waals surface area contributed by atoms with Gasteiger partial charge in [-0.3, -0.25) is 9.59 Å². The van der Waals surface area contributed by atoms with Crippen molar-refractivity contribution in [1.29, 1.82) is 0 Å². The Labute approximate surface area is 176 Å². The Morgan fingerprint density at radius 1 is 0.933 bits per heavy atom. The van der Waals surface area contributed by atoms with Gasteiger partial charge in [0.2, 0.25) is 0 Å². The van der Waals surface area contributed by atoms with E-state index in [1.807, 2.05) is 60.7 Å². The van der Waals surface area contributed by atoms with E-state index in [4.69, 9.17) is 5.73 Å². The number of nitrogens with two attached hydrogens (primary N) is 1. The van der Waals surface area contributed by atoms with Crippen molar-refractivity contribution in [1.82, 2.24) is 15.1 Å². The van der Waals surface area contributed by atoms with Gasteiger partial charge in [0.05, 0.1) is 5.69 Å². The molecule has 6 heteroatoms. The Hall–Kier alpha value is -3.25. The number of aromatic nitrogens is 2. The van der Waals surface area contributed by atoms with E-state index in [0.717, 1.165) is 36.8 Å². The lowest BCUT2D eigenvalue weighted by molar-refractivity contribution is 0.0951. The summed E-state index contributed by atoms with van der Waals surface area (Å²) in [4.78, 5) is 26.1. The molecule has 0 radical (unpaired) electrons.